The molecule has 0 fully saturated rings. The van der Waals surface area contributed by atoms with Gasteiger partial charge in [-0.05, 0) is 22.6 Å². The first-order chi connectivity index (χ1) is 4.61. The predicted octanol–water partition coefficient (Wildman–Crippen LogP) is 0.723. The van der Waals surface area contributed by atoms with Crippen LogP contribution < -0.4 is 0 Å². The van der Waals surface area contributed by atoms with Crippen molar-refractivity contribution in [2.45, 2.75) is 0 Å². The Balaban J connectivity index is 3.15. The van der Waals surface area contributed by atoms with E-state index in [4.69, 9.17) is 5.11 Å². The van der Waals surface area contributed by atoms with Gasteiger partial charge in [0.15, 0.2) is 0 Å². The van der Waals surface area contributed by atoms with Crippen LogP contribution in [0.2, 0.25) is 0 Å². The van der Waals surface area contributed by atoms with Crippen molar-refractivity contribution >= 4 is 28.6 Å². The molecule has 0 unspecified atom stereocenters. The number of carboxylic acid groups (broad SMARTS) is 1. The van der Waals surface area contributed by atoms with Gasteiger partial charge in [0, 0.05) is 13.2 Å². The highest BCUT2D eigenvalue weighted by atomic mass is 127. The predicted molar refractivity (Wildman–Crippen MR) is 42.9 cm³/mol. The van der Waals surface area contributed by atoms with Crippen molar-refractivity contribution in [3.63, 3.8) is 0 Å². The summed E-state index contributed by atoms with van der Waals surface area (Å²) in [7, 11) is 1.65. The summed E-state index contributed by atoms with van der Waals surface area (Å²) in [5.74, 6) is -0.921. The van der Waals surface area contributed by atoms with E-state index in [0.717, 1.165) is 0 Å². The zero-order valence-electron chi connectivity index (χ0n) is 5.21. The highest BCUT2D eigenvalue weighted by Crippen LogP contribution is 2.03. The maximum absolute atomic E-state index is 10.3. The minimum absolute atomic E-state index is 0.0735. The van der Waals surface area contributed by atoms with E-state index in [1.54, 1.807) is 13.2 Å². The molecule has 1 N–H and O–H groups in total. The van der Waals surface area contributed by atoms with Crippen LogP contribution in [-0.2, 0) is 7.05 Å². The molecule has 1 rings (SSSR count). The number of hydrogen-bond donors (Lipinski definition) is 1. The van der Waals surface area contributed by atoms with E-state index in [9.17, 15) is 4.79 Å². The molecule has 4 nitrogen and oxygen atoms in total. The van der Waals surface area contributed by atoms with Crippen molar-refractivity contribution in [2.75, 3.05) is 0 Å². The molecule has 5 heteroatoms. The van der Waals surface area contributed by atoms with Crippen molar-refractivity contribution in [3.8, 4) is 0 Å². The first-order valence-corrected chi connectivity index (χ1v) is 3.61. The van der Waals surface area contributed by atoms with Crippen LogP contribution in [0.3, 0.4) is 0 Å². The van der Waals surface area contributed by atoms with Crippen molar-refractivity contribution in [3.05, 3.63) is 15.7 Å². The maximum atomic E-state index is 10.3. The molecule has 0 amide bonds. The van der Waals surface area contributed by atoms with E-state index >= 15 is 0 Å². The molecule has 0 spiro atoms. The topological polar surface area (TPSA) is 55.1 Å². The molecule has 54 valence electrons. The number of aromatic carboxylic acids is 1. The van der Waals surface area contributed by atoms with Gasteiger partial charge in [-0.3, -0.25) is 0 Å². The summed E-state index contributed by atoms with van der Waals surface area (Å²) in [4.78, 5) is 14.1. The minimum Gasteiger partial charge on any atom is -0.475 e. The Bertz CT molecular complexity index is 269. The molecule has 0 bridgehead atoms. The summed E-state index contributed by atoms with van der Waals surface area (Å²) in [5, 5.41) is 8.49. The first kappa shape index (κ1) is 7.52. The molecule has 1 aromatic heterocycles. The third kappa shape index (κ3) is 1.28. The summed E-state index contributed by atoms with van der Waals surface area (Å²) in [6.07, 6.45) is 1.66. The third-order valence-corrected chi connectivity index (χ3v) is 1.56. The molecule has 0 aromatic carbocycles. The van der Waals surface area contributed by atoms with Crippen LogP contribution in [-0.4, -0.2) is 20.6 Å². The van der Waals surface area contributed by atoms with Crippen LogP contribution >= 0.6 is 22.6 Å². The Kier molecular flexibility index (Phi) is 1.93. The van der Waals surface area contributed by atoms with Crippen molar-refractivity contribution in [1.29, 1.82) is 0 Å². The Morgan fingerprint density at radius 2 is 2.50 bits per heavy atom. The molecule has 1 aromatic rings. The quantitative estimate of drug-likeness (QED) is 0.749. The molecular weight excluding hydrogens is 247 g/mol. The van der Waals surface area contributed by atoms with Gasteiger partial charge in [0.2, 0.25) is 5.82 Å². The average molecular weight is 252 g/mol. The molecule has 0 aliphatic rings. The number of carbonyl (C=O) groups is 1. The van der Waals surface area contributed by atoms with Crippen LogP contribution in [0.25, 0.3) is 0 Å². The van der Waals surface area contributed by atoms with Crippen LogP contribution in [0.1, 0.15) is 10.6 Å². The van der Waals surface area contributed by atoms with Crippen molar-refractivity contribution < 1.29 is 9.90 Å². The third-order valence-electron chi connectivity index (χ3n) is 1.04. The van der Waals surface area contributed by atoms with Crippen LogP contribution in [0.5, 0.6) is 0 Å². The Labute approximate surface area is 71.0 Å². The summed E-state index contributed by atoms with van der Waals surface area (Å²) < 4.78 is 2.17. The number of nitrogens with zero attached hydrogens (tertiary/aromatic N) is 2. The van der Waals surface area contributed by atoms with E-state index in [0.29, 0.717) is 3.70 Å². The largest absolute Gasteiger partial charge is 0.475 e. The normalized spacial score (nSPS) is 9.80. The molecule has 0 radical (unpaired) electrons. The van der Waals surface area contributed by atoms with Crippen LogP contribution in [0.4, 0.5) is 0 Å². The molecule has 1 heterocycles. The number of carboxylic acids is 1. The lowest BCUT2D eigenvalue weighted by atomic mass is 10.6. The lowest BCUT2D eigenvalue weighted by Crippen LogP contribution is -2.04. The Morgan fingerprint density at radius 3 is 2.70 bits per heavy atom. The summed E-state index contributed by atoms with van der Waals surface area (Å²) >= 11 is 1.96. The number of imidazole rings is 1. The lowest BCUT2D eigenvalue weighted by Gasteiger charge is -1.90. The monoisotopic (exact) mass is 252 g/mol. The van der Waals surface area contributed by atoms with E-state index in [1.165, 1.54) is 4.57 Å². The molecule has 0 saturated heterocycles. The molecular formula is C5H5IN2O2. The second-order valence-electron chi connectivity index (χ2n) is 1.80. The van der Waals surface area contributed by atoms with Gasteiger partial charge in [-0.1, -0.05) is 0 Å². The SMILES string of the molecule is Cn1cc(I)nc1C(=O)O. The standard InChI is InChI=1S/C5H5IN2O2/c1-8-2-3(6)7-4(8)5(9)10/h2H,1H3,(H,9,10). The summed E-state index contributed by atoms with van der Waals surface area (Å²) in [6.45, 7) is 0. The van der Waals surface area contributed by atoms with E-state index in [2.05, 4.69) is 4.98 Å². The molecule has 0 saturated carbocycles. The van der Waals surface area contributed by atoms with Gasteiger partial charge < -0.3 is 9.67 Å². The Hall–Kier alpha value is -0.590. The van der Waals surface area contributed by atoms with Crippen molar-refractivity contribution in [2.24, 2.45) is 7.05 Å². The first-order valence-electron chi connectivity index (χ1n) is 2.53. The van der Waals surface area contributed by atoms with Crippen LogP contribution in [0.15, 0.2) is 6.20 Å². The van der Waals surface area contributed by atoms with Gasteiger partial charge in [0.25, 0.3) is 0 Å². The number of aromatic nitrogens is 2. The smallest absolute Gasteiger partial charge is 0.372 e. The summed E-state index contributed by atoms with van der Waals surface area (Å²) in [5.41, 5.74) is 0. The fourth-order valence-electron chi connectivity index (χ4n) is 0.629. The second kappa shape index (κ2) is 2.57. The number of rotatable bonds is 1. The molecule has 0 aliphatic heterocycles. The summed E-state index contributed by atoms with van der Waals surface area (Å²) in [6, 6.07) is 0. The Morgan fingerprint density at radius 1 is 1.90 bits per heavy atom. The molecule has 10 heavy (non-hydrogen) atoms. The fourth-order valence-corrected chi connectivity index (χ4v) is 1.27. The van der Waals surface area contributed by atoms with Gasteiger partial charge in [0.1, 0.15) is 3.70 Å². The van der Waals surface area contributed by atoms with Crippen LogP contribution in [0, 0.1) is 3.70 Å². The van der Waals surface area contributed by atoms with Gasteiger partial charge in [-0.25, -0.2) is 9.78 Å². The highest BCUT2D eigenvalue weighted by Gasteiger charge is 2.09. The fraction of sp³-hybridized carbons (Fsp3) is 0.200. The van der Waals surface area contributed by atoms with Crippen molar-refractivity contribution in [1.82, 2.24) is 9.55 Å². The highest BCUT2D eigenvalue weighted by molar-refractivity contribution is 14.1. The maximum Gasteiger partial charge on any atom is 0.372 e. The average Bonchev–Trinajstić information content (AvgIpc) is 2.10. The number of aryl methyl sites for hydroxylation is 1. The number of hydrogen-bond acceptors (Lipinski definition) is 2. The lowest BCUT2D eigenvalue weighted by molar-refractivity contribution is 0.0679. The van der Waals surface area contributed by atoms with Gasteiger partial charge in [0.05, 0.1) is 0 Å². The van der Waals surface area contributed by atoms with E-state index in [-0.39, 0.29) is 5.82 Å². The van der Waals surface area contributed by atoms with E-state index < -0.39 is 5.97 Å². The second-order valence-corrected chi connectivity index (χ2v) is 2.91. The van der Waals surface area contributed by atoms with Gasteiger partial charge in [-0.2, -0.15) is 0 Å². The minimum atomic E-state index is -0.995. The van der Waals surface area contributed by atoms with Gasteiger partial charge >= 0.3 is 5.97 Å². The number of halogens is 1. The van der Waals surface area contributed by atoms with Gasteiger partial charge in [-0.15, -0.1) is 0 Å². The van der Waals surface area contributed by atoms with E-state index in [1.807, 2.05) is 22.6 Å². The zero-order valence-corrected chi connectivity index (χ0v) is 7.36. The molecule has 0 aliphatic carbocycles. The molecule has 0 atom stereocenters. The zero-order chi connectivity index (χ0) is 7.72.